The van der Waals surface area contributed by atoms with E-state index >= 15 is 0 Å². The highest BCUT2D eigenvalue weighted by Gasteiger charge is 2.19. The first-order chi connectivity index (χ1) is 13.3. The maximum atomic E-state index is 5.33. The molecule has 1 aromatic carbocycles. The van der Waals surface area contributed by atoms with E-state index in [-0.39, 0.29) is 0 Å². The number of nitrogens with zero attached hydrogens (tertiary/aromatic N) is 4. The molecule has 0 spiro atoms. The topological polar surface area (TPSA) is 53.0 Å². The molecule has 0 saturated carbocycles. The predicted octanol–water partition coefficient (Wildman–Crippen LogP) is 2.37. The molecule has 144 valence electrons. The highest BCUT2D eigenvalue weighted by Crippen LogP contribution is 2.15. The van der Waals surface area contributed by atoms with Crippen molar-refractivity contribution in [1.29, 1.82) is 0 Å². The fourth-order valence-electron chi connectivity index (χ4n) is 3.27. The molecule has 2 heterocycles. The predicted molar refractivity (Wildman–Crippen MR) is 109 cm³/mol. The van der Waals surface area contributed by atoms with Crippen molar-refractivity contribution in [1.82, 2.24) is 20.1 Å². The van der Waals surface area contributed by atoms with E-state index in [4.69, 9.17) is 9.73 Å². The van der Waals surface area contributed by atoms with Crippen LogP contribution in [0.4, 0.5) is 0 Å². The van der Waals surface area contributed by atoms with E-state index in [0.717, 1.165) is 50.8 Å². The number of nitrogens with one attached hydrogen (secondary N) is 1. The Kier molecular flexibility index (Phi) is 7.04. The van der Waals surface area contributed by atoms with Crippen LogP contribution in [-0.4, -0.2) is 60.6 Å². The monoisotopic (exact) mass is 367 g/mol. The highest BCUT2D eigenvalue weighted by atomic mass is 16.5. The zero-order valence-corrected chi connectivity index (χ0v) is 16.3. The highest BCUT2D eigenvalue weighted by molar-refractivity contribution is 5.80. The number of ether oxygens (including phenoxy) is 1. The molecule has 0 radical (unpaired) electrons. The first-order valence-electron chi connectivity index (χ1n) is 9.57. The van der Waals surface area contributed by atoms with E-state index < -0.39 is 0 Å². The van der Waals surface area contributed by atoms with E-state index in [1.165, 1.54) is 5.56 Å². The van der Waals surface area contributed by atoms with Gasteiger partial charge in [0, 0.05) is 51.0 Å². The summed E-state index contributed by atoms with van der Waals surface area (Å²) in [6.07, 6.45) is 1.74. The smallest absolute Gasteiger partial charge is 0.218 e. The minimum atomic E-state index is 0.559. The molecule has 0 bridgehead atoms. The van der Waals surface area contributed by atoms with Gasteiger partial charge in [-0.3, -0.25) is 4.90 Å². The summed E-state index contributed by atoms with van der Waals surface area (Å²) in [5, 5.41) is 3.42. The van der Waals surface area contributed by atoms with E-state index in [1.54, 1.807) is 13.3 Å². The van der Waals surface area contributed by atoms with Gasteiger partial charge in [0.25, 0.3) is 0 Å². The van der Waals surface area contributed by atoms with E-state index in [9.17, 15) is 0 Å². The van der Waals surface area contributed by atoms with Gasteiger partial charge in [0.15, 0.2) is 5.96 Å². The van der Waals surface area contributed by atoms with E-state index in [2.05, 4.69) is 57.4 Å². The van der Waals surface area contributed by atoms with E-state index in [1.807, 2.05) is 12.1 Å². The summed E-state index contributed by atoms with van der Waals surface area (Å²) in [6.45, 7) is 8.55. The van der Waals surface area contributed by atoms with Crippen LogP contribution in [0, 0.1) is 0 Å². The second kappa shape index (κ2) is 9.92. The van der Waals surface area contributed by atoms with Crippen LogP contribution in [-0.2, 0) is 13.1 Å². The number of pyridine rings is 1. The fraction of sp³-hybridized carbons (Fsp3) is 0.429. The Morgan fingerprint density at radius 1 is 1.11 bits per heavy atom. The number of methoxy groups -OCH3 is 1. The number of aliphatic imine (C=N–C) groups is 1. The zero-order valence-electron chi connectivity index (χ0n) is 16.3. The van der Waals surface area contributed by atoms with Crippen molar-refractivity contribution >= 4 is 5.96 Å². The van der Waals surface area contributed by atoms with E-state index in [0.29, 0.717) is 12.4 Å². The molecular weight excluding hydrogens is 338 g/mol. The molecule has 1 N–H and O–H groups in total. The van der Waals surface area contributed by atoms with Crippen molar-refractivity contribution in [3.63, 3.8) is 0 Å². The number of piperazine rings is 1. The summed E-state index contributed by atoms with van der Waals surface area (Å²) >= 11 is 0. The molecule has 1 aliphatic heterocycles. The largest absolute Gasteiger partial charge is 0.481 e. The Bertz CT molecular complexity index is 726. The average molecular weight is 367 g/mol. The molecule has 0 unspecified atom stereocenters. The Labute approximate surface area is 161 Å². The summed E-state index contributed by atoms with van der Waals surface area (Å²) in [7, 11) is 1.65. The first kappa shape index (κ1) is 19.2. The lowest BCUT2D eigenvalue weighted by Crippen LogP contribution is -2.52. The molecule has 6 heteroatoms. The van der Waals surface area contributed by atoms with Crippen LogP contribution in [0.5, 0.6) is 5.88 Å². The van der Waals surface area contributed by atoms with Crippen LogP contribution in [0.3, 0.4) is 0 Å². The number of benzene rings is 1. The summed E-state index contributed by atoms with van der Waals surface area (Å²) in [6, 6.07) is 14.6. The van der Waals surface area contributed by atoms with Crippen LogP contribution in [0.2, 0.25) is 0 Å². The fourth-order valence-corrected chi connectivity index (χ4v) is 3.27. The lowest BCUT2D eigenvalue weighted by Gasteiger charge is -2.36. The SMILES string of the molecule is CCNC(=NCc1cccnc1OC)N1CCN(Cc2ccccc2)CC1. The average Bonchev–Trinajstić information content (AvgIpc) is 2.73. The summed E-state index contributed by atoms with van der Waals surface area (Å²) in [5.41, 5.74) is 2.37. The van der Waals surface area contributed by atoms with Crippen LogP contribution >= 0.6 is 0 Å². The van der Waals surface area contributed by atoms with Crippen LogP contribution in [0.1, 0.15) is 18.1 Å². The molecule has 0 atom stereocenters. The van der Waals surface area contributed by atoms with Gasteiger partial charge in [-0.2, -0.15) is 0 Å². The zero-order chi connectivity index (χ0) is 18.9. The van der Waals surface area contributed by atoms with Crippen molar-refractivity contribution in [2.75, 3.05) is 39.8 Å². The minimum Gasteiger partial charge on any atom is -0.481 e. The molecule has 0 aliphatic carbocycles. The lowest BCUT2D eigenvalue weighted by molar-refractivity contribution is 0.172. The number of hydrogen-bond donors (Lipinski definition) is 1. The molecule has 1 aliphatic rings. The Balaban J connectivity index is 1.59. The molecule has 2 aromatic rings. The van der Waals surface area contributed by atoms with Crippen molar-refractivity contribution in [3.05, 3.63) is 59.8 Å². The van der Waals surface area contributed by atoms with Crippen molar-refractivity contribution in [3.8, 4) is 5.88 Å². The molecule has 1 fully saturated rings. The van der Waals surface area contributed by atoms with Gasteiger partial charge in [0.2, 0.25) is 5.88 Å². The van der Waals surface area contributed by atoms with Gasteiger partial charge in [0.05, 0.1) is 13.7 Å². The summed E-state index contributed by atoms with van der Waals surface area (Å²) in [4.78, 5) is 13.9. The van der Waals surface area contributed by atoms with Crippen molar-refractivity contribution in [2.24, 2.45) is 4.99 Å². The number of guanidine groups is 1. The normalized spacial score (nSPS) is 15.6. The molecule has 6 nitrogen and oxygen atoms in total. The summed E-state index contributed by atoms with van der Waals surface area (Å²) < 4.78 is 5.33. The van der Waals surface area contributed by atoms with Crippen LogP contribution < -0.4 is 10.1 Å². The van der Waals surface area contributed by atoms with Crippen LogP contribution in [0.15, 0.2) is 53.7 Å². The van der Waals surface area contributed by atoms with Gasteiger partial charge in [-0.15, -0.1) is 0 Å². The van der Waals surface area contributed by atoms with Crippen LogP contribution in [0.25, 0.3) is 0 Å². The maximum absolute atomic E-state index is 5.33. The number of rotatable bonds is 6. The van der Waals surface area contributed by atoms with Gasteiger partial charge in [-0.25, -0.2) is 9.98 Å². The Morgan fingerprint density at radius 3 is 2.59 bits per heavy atom. The summed E-state index contributed by atoms with van der Waals surface area (Å²) in [5.74, 6) is 1.60. The minimum absolute atomic E-state index is 0.559. The molecule has 1 saturated heterocycles. The first-order valence-corrected chi connectivity index (χ1v) is 9.57. The van der Waals surface area contributed by atoms with Gasteiger partial charge in [-0.05, 0) is 18.6 Å². The maximum Gasteiger partial charge on any atom is 0.218 e. The standard InChI is InChI=1S/C21H29N5O/c1-3-22-21(24-16-19-10-7-11-23-20(19)27-2)26-14-12-25(13-15-26)17-18-8-5-4-6-9-18/h4-11H,3,12-17H2,1-2H3,(H,22,24). The number of hydrogen-bond acceptors (Lipinski definition) is 4. The molecule has 3 rings (SSSR count). The molecule has 1 aromatic heterocycles. The van der Waals surface area contributed by atoms with Gasteiger partial charge >= 0.3 is 0 Å². The van der Waals surface area contributed by atoms with Crippen molar-refractivity contribution in [2.45, 2.75) is 20.0 Å². The Hall–Kier alpha value is -2.60. The van der Waals surface area contributed by atoms with Gasteiger partial charge < -0.3 is 15.0 Å². The molecular formula is C21H29N5O. The third-order valence-electron chi connectivity index (χ3n) is 4.70. The lowest BCUT2D eigenvalue weighted by atomic mass is 10.2. The second-order valence-electron chi connectivity index (χ2n) is 6.59. The molecule has 27 heavy (non-hydrogen) atoms. The third-order valence-corrected chi connectivity index (χ3v) is 4.70. The van der Waals surface area contributed by atoms with Crippen molar-refractivity contribution < 1.29 is 4.74 Å². The second-order valence-corrected chi connectivity index (χ2v) is 6.59. The Morgan fingerprint density at radius 2 is 1.89 bits per heavy atom. The molecule has 0 amide bonds. The van der Waals surface area contributed by atoms with Gasteiger partial charge in [0.1, 0.15) is 0 Å². The van der Waals surface area contributed by atoms with Gasteiger partial charge in [-0.1, -0.05) is 36.4 Å². The third kappa shape index (κ3) is 5.44. The quantitative estimate of drug-likeness (QED) is 0.628. The number of aromatic nitrogens is 1.